The van der Waals surface area contributed by atoms with Gasteiger partial charge in [-0.05, 0) is 31.0 Å². The summed E-state index contributed by atoms with van der Waals surface area (Å²) in [6, 6.07) is 11.2. The Morgan fingerprint density at radius 1 is 1.22 bits per heavy atom. The Morgan fingerprint density at radius 2 is 2.00 bits per heavy atom. The van der Waals surface area contributed by atoms with E-state index >= 15 is 0 Å². The molecule has 0 radical (unpaired) electrons. The third-order valence-corrected chi connectivity index (χ3v) is 4.90. The van der Waals surface area contributed by atoms with Gasteiger partial charge in [0.25, 0.3) is 5.91 Å². The molecule has 1 aromatic carbocycles. The third kappa shape index (κ3) is 4.13. The molecule has 27 heavy (non-hydrogen) atoms. The Morgan fingerprint density at radius 3 is 2.67 bits per heavy atom. The summed E-state index contributed by atoms with van der Waals surface area (Å²) in [6.07, 6.45) is 5.16. The largest absolute Gasteiger partial charge is 0.493 e. The van der Waals surface area contributed by atoms with Gasteiger partial charge in [0.1, 0.15) is 5.75 Å². The van der Waals surface area contributed by atoms with Gasteiger partial charge in [0.05, 0.1) is 19.6 Å². The van der Waals surface area contributed by atoms with Crippen molar-refractivity contribution in [1.29, 1.82) is 0 Å². The first-order valence-corrected chi connectivity index (χ1v) is 9.20. The minimum Gasteiger partial charge on any atom is -0.493 e. The monoisotopic (exact) mass is 370 g/mol. The molecule has 1 unspecified atom stereocenters. The van der Waals surface area contributed by atoms with Crippen molar-refractivity contribution in [3.05, 3.63) is 48.8 Å². The van der Waals surface area contributed by atoms with Crippen molar-refractivity contribution in [3.8, 4) is 5.75 Å². The maximum absolute atomic E-state index is 13.0. The zero-order valence-corrected chi connectivity index (χ0v) is 15.9. The third-order valence-electron chi connectivity index (χ3n) is 4.90. The predicted molar refractivity (Wildman–Crippen MR) is 101 cm³/mol. The van der Waals surface area contributed by atoms with Crippen LogP contribution in [0.5, 0.6) is 5.75 Å². The van der Waals surface area contributed by atoms with E-state index in [1.165, 1.54) is 0 Å². The molecular weight excluding hydrogens is 344 g/mol. The lowest BCUT2D eigenvalue weighted by Gasteiger charge is -2.42. The highest BCUT2D eigenvalue weighted by Crippen LogP contribution is 2.30. The number of hydrogen-bond donors (Lipinski definition) is 0. The van der Waals surface area contributed by atoms with Crippen molar-refractivity contribution >= 4 is 11.8 Å². The van der Waals surface area contributed by atoms with E-state index in [1.807, 2.05) is 30.3 Å². The zero-order chi connectivity index (χ0) is 19.3. The van der Waals surface area contributed by atoms with Gasteiger partial charge in [-0.25, -0.2) is 0 Å². The van der Waals surface area contributed by atoms with Crippen LogP contribution in [-0.4, -0.2) is 65.2 Å². The fourth-order valence-corrected chi connectivity index (χ4v) is 3.58. The molecule has 1 aliphatic rings. The number of aromatic nitrogens is 2. The minimum atomic E-state index is -0.846. The van der Waals surface area contributed by atoms with Crippen LogP contribution in [0.4, 0.5) is 0 Å². The van der Waals surface area contributed by atoms with Gasteiger partial charge in [-0.15, -0.1) is 0 Å². The smallest absolute Gasteiger partial charge is 0.251 e. The second kappa shape index (κ2) is 8.24. The number of piperidine rings is 1. The van der Waals surface area contributed by atoms with E-state index < -0.39 is 5.54 Å². The number of amides is 2. The van der Waals surface area contributed by atoms with Crippen LogP contribution in [-0.2, 0) is 15.1 Å². The summed E-state index contributed by atoms with van der Waals surface area (Å²) in [5.41, 5.74) is -0.846. The first-order chi connectivity index (χ1) is 13.0. The standard InChI is InChI=1S/C20H26N4O3/c1-22(2)19(26)20(24-14-7-12-21-24)11-6-13-23(16-20)18(25)10-15-27-17-8-4-3-5-9-17/h3-5,7-9,12,14H,6,10-11,13,15-16H2,1-2H3. The van der Waals surface area contributed by atoms with Crippen LogP contribution < -0.4 is 4.74 Å². The zero-order valence-electron chi connectivity index (χ0n) is 15.9. The number of likely N-dealkylation sites (tertiary alicyclic amines) is 1. The Hall–Kier alpha value is -2.83. The molecule has 1 fully saturated rings. The number of hydrogen-bond acceptors (Lipinski definition) is 4. The van der Waals surface area contributed by atoms with Crippen LogP contribution in [0.15, 0.2) is 48.8 Å². The molecule has 1 atom stereocenters. The van der Waals surface area contributed by atoms with Gasteiger partial charge in [0, 0.05) is 33.0 Å². The summed E-state index contributed by atoms with van der Waals surface area (Å²) in [6.45, 7) is 1.29. The molecule has 0 spiro atoms. The fraction of sp³-hybridized carbons (Fsp3) is 0.450. The maximum Gasteiger partial charge on any atom is 0.251 e. The number of para-hydroxylation sites is 1. The van der Waals surface area contributed by atoms with Crippen LogP contribution in [0.2, 0.25) is 0 Å². The minimum absolute atomic E-state index is 0.00582. The Bertz CT molecular complexity index is 761. The van der Waals surface area contributed by atoms with Crippen LogP contribution in [0, 0.1) is 0 Å². The van der Waals surface area contributed by atoms with Gasteiger partial charge < -0.3 is 14.5 Å². The summed E-state index contributed by atoms with van der Waals surface area (Å²) in [7, 11) is 3.48. The van der Waals surface area contributed by atoms with Gasteiger partial charge in [0.15, 0.2) is 5.54 Å². The summed E-state index contributed by atoms with van der Waals surface area (Å²) in [4.78, 5) is 29.1. The Labute approximate surface area is 159 Å². The first-order valence-electron chi connectivity index (χ1n) is 9.20. The molecule has 1 aromatic heterocycles. The molecule has 0 saturated carbocycles. The van der Waals surface area contributed by atoms with Gasteiger partial charge >= 0.3 is 0 Å². The normalized spacial score (nSPS) is 19.6. The molecule has 144 valence electrons. The van der Waals surface area contributed by atoms with Crippen molar-refractivity contribution in [2.45, 2.75) is 24.8 Å². The van der Waals surface area contributed by atoms with Crippen molar-refractivity contribution < 1.29 is 14.3 Å². The molecule has 1 saturated heterocycles. The highest BCUT2D eigenvalue weighted by Gasteiger charge is 2.46. The number of carbonyl (C=O) groups excluding carboxylic acids is 2. The van der Waals surface area contributed by atoms with Crippen molar-refractivity contribution in [1.82, 2.24) is 19.6 Å². The van der Waals surface area contributed by atoms with Crippen molar-refractivity contribution in [2.24, 2.45) is 0 Å². The van der Waals surface area contributed by atoms with Gasteiger partial charge in [0.2, 0.25) is 5.91 Å². The predicted octanol–water partition coefficient (Wildman–Crippen LogP) is 1.76. The van der Waals surface area contributed by atoms with Crippen LogP contribution in [0.3, 0.4) is 0 Å². The second-order valence-corrected chi connectivity index (χ2v) is 7.01. The molecule has 0 aliphatic carbocycles. The highest BCUT2D eigenvalue weighted by molar-refractivity contribution is 5.86. The van der Waals surface area contributed by atoms with Crippen LogP contribution in [0.25, 0.3) is 0 Å². The summed E-state index contributed by atoms with van der Waals surface area (Å²) in [5, 5.41) is 4.32. The number of likely N-dealkylation sites (N-methyl/N-ethyl adjacent to an activating group) is 1. The first kappa shape index (κ1) is 18.9. The van der Waals surface area contributed by atoms with E-state index in [2.05, 4.69) is 5.10 Å². The molecule has 2 amide bonds. The topological polar surface area (TPSA) is 67.7 Å². The van der Waals surface area contributed by atoms with E-state index in [0.29, 0.717) is 26.1 Å². The van der Waals surface area contributed by atoms with E-state index in [1.54, 1.807) is 47.0 Å². The molecular formula is C20H26N4O3. The van der Waals surface area contributed by atoms with E-state index in [0.717, 1.165) is 12.2 Å². The van der Waals surface area contributed by atoms with Crippen molar-refractivity contribution in [3.63, 3.8) is 0 Å². The molecule has 0 bridgehead atoms. The molecule has 7 nitrogen and oxygen atoms in total. The quantitative estimate of drug-likeness (QED) is 0.777. The van der Waals surface area contributed by atoms with Crippen LogP contribution >= 0.6 is 0 Å². The van der Waals surface area contributed by atoms with E-state index in [-0.39, 0.29) is 18.2 Å². The van der Waals surface area contributed by atoms with Gasteiger partial charge in [-0.1, -0.05) is 18.2 Å². The highest BCUT2D eigenvalue weighted by atomic mass is 16.5. The second-order valence-electron chi connectivity index (χ2n) is 7.01. The summed E-state index contributed by atoms with van der Waals surface area (Å²) < 4.78 is 7.34. The lowest BCUT2D eigenvalue weighted by molar-refractivity contribution is -0.146. The average molecular weight is 370 g/mol. The number of ether oxygens (including phenoxy) is 1. The number of carbonyl (C=O) groups is 2. The molecule has 2 heterocycles. The SMILES string of the molecule is CN(C)C(=O)C1(n2cccn2)CCCN(C(=O)CCOc2ccccc2)C1. The Kier molecular flexibility index (Phi) is 5.78. The molecule has 0 N–H and O–H groups in total. The van der Waals surface area contributed by atoms with Gasteiger partial charge in [-0.2, -0.15) is 5.10 Å². The molecule has 1 aliphatic heterocycles. The maximum atomic E-state index is 13.0. The summed E-state index contributed by atoms with van der Waals surface area (Å²) in [5.74, 6) is 0.704. The lowest BCUT2D eigenvalue weighted by atomic mass is 9.87. The number of benzene rings is 1. The fourth-order valence-electron chi connectivity index (χ4n) is 3.58. The average Bonchev–Trinajstić information content (AvgIpc) is 3.23. The number of nitrogens with zero attached hydrogens (tertiary/aromatic N) is 4. The van der Waals surface area contributed by atoms with E-state index in [4.69, 9.17) is 4.74 Å². The van der Waals surface area contributed by atoms with Crippen LogP contribution in [0.1, 0.15) is 19.3 Å². The molecule has 2 aromatic rings. The lowest BCUT2D eigenvalue weighted by Crippen LogP contribution is -2.59. The van der Waals surface area contributed by atoms with Crippen molar-refractivity contribution in [2.75, 3.05) is 33.8 Å². The summed E-state index contributed by atoms with van der Waals surface area (Å²) >= 11 is 0. The van der Waals surface area contributed by atoms with Gasteiger partial charge in [-0.3, -0.25) is 14.3 Å². The molecule has 3 rings (SSSR count). The Balaban J connectivity index is 1.67. The number of rotatable bonds is 6. The van der Waals surface area contributed by atoms with E-state index in [9.17, 15) is 9.59 Å². The molecule has 7 heteroatoms.